The van der Waals surface area contributed by atoms with Crippen LogP contribution in [0.3, 0.4) is 0 Å². The number of carboxylic acid groups (broad SMARTS) is 1. The lowest BCUT2D eigenvalue weighted by Gasteiger charge is -2.17. The second-order valence-electron chi connectivity index (χ2n) is 7.86. The molecule has 1 aliphatic carbocycles. The molecule has 1 aromatic heterocycles. The molecule has 1 heterocycles. The van der Waals surface area contributed by atoms with E-state index in [2.05, 4.69) is 4.98 Å². The van der Waals surface area contributed by atoms with Crippen LogP contribution in [0.4, 0.5) is 26.3 Å². The van der Waals surface area contributed by atoms with Crippen LogP contribution in [0.5, 0.6) is 5.88 Å². The van der Waals surface area contributed by atoms with Gasteiger partial charge in [0.1, 0.15) is 24.1 Å². The second-order valence-corrected chi connectivity index (χ2v) is 7.86. The Balaban J connectivity index is 1.82. The van der Waals surface area contributed by atoms with E-state index in [0.717, 1.165) is 36.4 Å². The van der Waals surface area contributed by atoms with Crippen molar-refractivity contribution in [2.24, 2.45) is 0 Å². The zero-order chi connectivity index (χ0) is 25.3. The van der Waals surface area contributed by atoms with Crippen molar-refractivity contribution >= 4 is 17.1 Å². The molecule has 0 aliphatic heterocycles. The van der Waals surface area contributed by atoms with Crippen LogP contribution >= 0.6 is 0 Å². The number of hydrogen-bond acceptors (Lipinski definition) is 4. The third-order valence-electron chi connectivity index (χ3n) is 5.67. The van der Waals surface area contributed by atoms with Gasteiger partial charge in [-0.25, -0.2) is 18.2 Å². The van der Waals surface area contributed by atoms with E-state index in [9.17, 15) is 36.2 Å². The number of allylic oxidation sites excluding steroid dienone is 2. The standard InChI is InChI=1S/C25H17F6NO3/c26-20-5-2-6-21(27)19(20)12-35-23-17(10-14(11-32-23)25(29,30)31)16-4-1-3-15(16)13-7-8-22(28)18(9-13)24(33)34/h2,5-11H,1,3-4,12H2,(H,33,34)/p-1. The van der Waals surface area contributed by atoms with Gasteiger partial charge in [-0.1, -0.05) is 12.1 Å². The molecule has 3 aromatic rings. The Labute approximate surface area is 195 Å². The van der Waals surface area contributed by atoms with Gasteiger partial charge in [0.05, 0.1) is 17.1 Å². The Morgan fingerprint density at radius 3 is 2.31 bits per heavy atom. The van der Waals surface area contributed by atoms with Gasteiger partial charge in [-0.15, -0.1) is 0 Å². The number of rotatable bonds is 6. The third-order valence-corrected chi connectivity index (χ3v) is 5.67. The van der Waals surface area contributed by atoms with Crippen molar-refractivity contribution in [2.75, 3.05) is 0 Å². The van der Waals surface area contributed by atoms with Gasteiger partial charge in [-0.05, 0) is 66.3 Å². The molecule has 0 saturated heterocycles. The molecule has 0 bridgehead atoms. The molecule has 35 heavy (non-hydrogen) atoms. The van der Waals surface area contributed by atoms with Crippen molar-refractivity contribution < 1.29 is 41.0 Å². The summed E-state index contributed by atoms with van der Waals surface area (Å²) >= 11 is 0. The number of benzene rings is 2. The molecule has 0 N–H and O–H groups in total. The van der Waals surface area contributed by atoms with Crippen molar-refractivity contribution in [2.45, 2.75) is 32.0 Å². The highest BCUT2D eigenvalue weighted by atomic mass is 19.4. The van der Waals surface area contributed by atoms with E-state index in [1.54, 1.807) is 0 Å². The molecule has 0 fully saturated rings. The summed E-state index contributed by atoms with van der Waals surface area (Å²) in [5.41, 5.74) is -1.07. The predicted molar refractivity (Wildman–Crippen MR) is 111 cm³/mol. The molecule has 0 atom stereocenters. The SMILES string of the molecule is O=C([O-])c1cc(C2=C(c3cc(C(F)(F)F)cnc3OCc3c(F)cccc3F)CCC2)ccc1F. The number of carbonyl (C=O) groups is 1. The minimum absolute atomic E-state index is 0.0524. The molecule has 4 rings (SSSR count). The summed E-state index contributed by atoms with van der Waals surface area (Å²) in [5.74, 6) is -4.80. The largest absolute Gasteiger partial charge is 0.545 e. The van der Waals surface area contributed by atoms with Gasteiger partial charge in [0, 0.05) is 17.3 Å². The topological polar surface area (TPSA) is 62.2 Å². The van der Waals surface area contributed by atoms with E-state index in [-0.39, 0.29) is 11.4 Å². The first kappa shape index (κ1) is 24.3. The fraction of sp³-hybridized carbons (Fsp3) is 0.200. The van der Waals surface area contributed by atoms with Gasteiger partial charge in [-0.2, -0.15) is 13.2 Å². The van der Waals surface area contributed by atoms with E-state index in [1.165, 1.54) is 6.07 Å². The number of aromatic carboxylic acids is 1. The number of nitrogens with zero attached hydrogens (tertiary/aromatic N) is 1. The van der Waals surface area contributed by atoms with Gasteiger partial charge in [0.2, 0.25) is 5.88 Å². The number of ether oxygens (including phenoxy) is 1. The van der Waals surface area contributed by atoms with Crippen molar-refractivity contribution in [3.8, 4) is 5.88 Å². The summed E-state index contributed by atoms with van der Waals surface area (Å²) in [6.07, 6.45) is -3.00. The summed E-state index contributed by atoms with van der Waals surface area (Å²) in [5, 5.41) is 11.2. The zero-order valence-electron chi connectivity index (χ0n) is 17.9. The van der Waals surface area contributed by atoms with E-state index >= 15 is 0 Å². The molecule has 182 valence electrons. The maximum atomic E-state index is 14.0. The molecule has 0 amide bonds. The van der Waals surface area contributed by atoms with Gasteiger partial charge in [0.25, 0.3) is 0 Å². The molecule has 10 heteroatoms. The first-order valence-corrected chi connectivity index (χ1v) is 10.4. The monoisotopic (exact) mass is 492 g/mol. The quantitative estimate of drug-likeness (QED) is 0.423. The summed E-state index contributed by atoms with van der Waals surface area (Å²) < 4.78 is 87.7. The van der Waals surface area contributed by atoms with Crippen LogP contribution in [0.2, 0.25) is 0 Å². The molecule has 0 saturated carbocycles. The molecule has 0 spiro atoms. The van der Waals surface area contributed by atoms with E-state index < -0.39 is 52.9 Å². The number of hydrogen-bond donors (Lipinski definition) is 0. The summed E-state index contributed by atoms with van der Waals surface area (Å²) in [6.45, 7) is -0.627. The maximum Gasteiger partial charge on any atom is 0.417 e. The smallest absolute Gasteiger partial charge is 0.417 e. The lowest BCUT2D eigenvalue weighted by atomic mass is 9.95. The minimum atomic E-state index is -4.73. The van der Waals surface area contributed by atoms with Crippen molar-refractivity contribution in [3.63, 3.8) is 0 Å². The minimum Gasteiger partial charge on any atom is -0.545 e. The highest BCUT2D eigenvalue weighted by molar-refractivity contribution is 5.96. The molecule has 1 aliphatic rings. The first-order valence-electron chi connectivity index (χ1n) is 10.4. The summed E-state index contributed by atoms with van der Waals surface area (Å²) in [7, 11) is 0. The van der Waals surface area contributed by atoms with Crippen molar-refractivity contribution in [1.29, 1.82) is 0 Å². The Kier molecular flexibility index (Phi) is 6.56. The van der Waals surface area contributed by atoms with E-state index in [4.69, 9.17) is 4.74 Å². The fourth-order valence-electron chi connectivity index (χ4n) is 3.98. The fourth-order valence-corrected chi connectivity index (χ4v) is 3.98. The normalized spacial score (nSPS) is 13.9. The highest BCUT2D eigenvalue weighted by Crippen LogP contribution is 2.44. The van der Waals surface area contributed by atoms with Crippen LogP contribution in [0, 0.1) is 17.5 Å². The van der Waals surface area contributed by atoms with E-state index in [1.807, 2.05) is 0 Å². The first-order chi connectivity index (χ1) is 16.6. The number of pyridine rings is 1. The van der Waals surface area contributed by atoms with Crippen molar-refractivity contribution in [3.05, 3.63) is 93.9 Å². The van der Waals surface area contributed by atoms with Gasteiger partial charge >= 0.3 is 6.18 Å². The molecular weight excluding hydrogens is 476 g/mol. The molecular formula is C25H16F6NO3-. The van der Waals surface area contributed by atoms with Crippen LogP contribution in [0.15, 0.2) is 48.7 Å². The number of aromatic nitrogens is 1. The molecule has 0 radical (unpaired) electrons. The van der Waals surface area contributed by atoms with Crippen LogP contribution < -0.4 is 9.84 Å². The van der Waals surface area contributed by atoms with Crippen LogP contribution in [0.25, 0.3) is 11.1 Å². The molecule has 0 unspecified atom stereocenters. The summed E-state index contributed by atoms with van der Waals surface area (Å²) in [4.78, 5) is 15.0. The van der Waals surface area contributed by atoms with Gasteiger partial charge in [0.15, 0.2) is 0 Å². The molecule has 4 nitrogen and oxygen atoms in total. The van der Waals surface area contributed by atoms with Gasteiger partial charge < -0.3 is 14.6 Å². The third kappa shape index (κ3) is 5.01. The number of carbonyl (C=O) groups excluding carboxylic acids is 1. The average molecular weight is 492 g/mol. The Morgan fingerprint density at radius 2 is 1.66 bits per heavy atom. The highest BCUT2D eigenvalue weighted by Gasteiger charge is 2.33. The number of alkyl halides is 3. The number of halogens is 6. The van der Waals surface area contributed by atoms with Crippen LogP contribution in [-0.2, 0) is 12.8 Å². The number of carboxylic acids is 1. The predicted octanol–water partition coefficient (Wildman–Crippen LogP) is 5.55. The Morgan fingerprint density at radius 1 is 0.971 bits per heavy atom. The van der Waals surface area contributed by atoms with Crippen LogP contribution in [0.1, 0.15) is 51.9 Å². The Hall–Kier alpha value is -3.82. The summed E-state index contributed by atoms with van der Waals surface area (Å²) in [6, 6.07) is 7.33. The van der Waals surface area contributed by atoms with E-state index in [0.29, 0.717) is 42.2 Å². The second kappa shape index (κ2) is 9.44. The average Bonchev–Trinajstić information content (AvgIpc) is 3.28. The molecule has 2 aromatic carbocycles. The van der Waals surface area contributed by atoms with Gasteiger partial charge in [-0.3, -0.25) is 0 Å². The Bertz CT molecular complexity index is 1310. The van der Waals surface area contributed by atoms with Crippen molar-refractivity contribution in [1.82, 2.24) is 4.98 Å². The lowest BCUT2D eigenvalue weighted by molar-refractivity contribution is -0.255. The maximum absolute atomic E-state index is 14.0. The van der Waals surface area contributed by atoms with Crippen LogP contribution in [-0.4, -0.2) is 11.0 Å². The lowest BCUT2D eigenvalue weighted by Crippen LogP contribution is -2.23. The zero-order valence-corrected chi connectivity index (χ0v) is 17.9.